The van der Waals surface area contributed by atoms with Crippen molar-refractivity contribution in [2.45, 2.75) is 321 Å². The minimum atomic E-state index is -2.51. The average molecular weight is 1360 g/mol. The van der Waals surface area contributed by atoms with Gasteiger partial charge >= 0.3 is 19.1 Å². The van der Waals surface area contributed by atoms with Crippen LogP contribution in [-0.2, 0) is 60.3 Å². The molecule has 0 unspecified atom stereocenters. The third-order valence-electron chi connectivity index (χ3n) is 19.7. The smallest absolute Gasteiger partial charge is 0.469 e. The Morgan fingerprint density at radius 1 is 0.702 bits per heavy atom. The molecule has 486 valence electrons. The fourth-order valence-electron chi connectivity index (χ4n) is 9.51. The van der Waals surface area contributed by atoms with Crippen molar-refractivity contribution in [3.8, 4) is 0 Å². The van der Waals surface area contributed by atoms with Gasteiger partial charge in [-0.2, -0.15) is 0 Å². The van der Waals surface area contributed by atoms with E-state index in [2.05, 4.69) is 171 Å². The van der Waals surface area contributed by atoms with Crippen molar-refractivity contribution in [3.63, 3.8) is 0 Å². The van der Waals surface area contributed by atoms with Gasteiger partial charge in [0, 0.05) is 45.6 Å². The third-order valence-corrected chi connectivity index (χ3v) is 38.2. The zero-order valence-electron chi connectivity index (χ0n) is 58.3. The zero-order chi connectivity index (χ0) is 64.9. The monoisotopic (exact) mass is 1360 g/mol. The van der Waals surface area contributed by atoms with Crippen LogP contribution in [0.4, 0.5) is 0 Å². The Morgan fingerprint density at radius 3 is 1.71 bits per heavy atom. The molecular weight excluding hydrogens is 1240 g/mol. The molecule has 0 aromatic carbocycles. The topological polar surface area (TPSA) is 144 Å². The lowest BCUT2D eigenvalue weighted by atomic mass is 9.82. The number of carbonyl (C=O) groups excluding carboxylic acids is 3. The number of ether oxygens (including phenoxy) is 4. The van der Waals surface area contributed by atoms with Crippen molar-refractivity contribution >= 4 is 80.7 Å². The maximum Gasteiger partial charge on any atom is 0.487 e. The molecule has 2 aliphatic heterocycles. The summed E-state index contributed by atoms with van der Waals surface area (Å²) in [6.07, 6.45) is 13.8. The van der Waals surface area contributed by atoms with E-state index in [1.54, 1.807) is 7.11 Å². The van der Waals surface area contributed by atoms with E-state index in [1.807, 2.05) is 75.1 Å². The summed E-state index contributed by atoms with van der Waals surface area (Å²) in [6.45, 7) is 56.5. The second-order valence-electron chi connectivity index (χ2n) is 31.1. The van der Waals surface area contributed by atoms with Crippen LogP contribution in [0.1, 0.15) is 195 Å². The lowest BCUT2D eigenvalue weighted by Gasteiger charge is -2.52. The van der Waals surface area contributed by atoms with Crippen molar-refractivity contribution in [1.29, 1.82) is 0 Å². The van der Waals surface area contributed by atoms with Gasteiger partial charge < -0.3 is 46.0 Å². The molecule has 0 N–H and O–H groups in total. The van der Waals surface area contributed by atoms with E-state index < -0.39 is 87.5 Å². The van der Waals surface area contributed by atoms with Crippen LogP contribution < -0.4 is 0 Å². The molecule has 0 aromatic heterocycles. The van der Waals surface area contributed by atoms with Crippen molar-refractivity contribution in [3.05, 3.63) is 46.5 Å². The highest BCUT2D eigenvalue weighted by Gasteiger charge is 2.56. The first-order valence-corrected chi connectivity index (χ1v) is 44.4. The van der Waals surface area contributed by atoms with Crippen LogP contribution in [0.25, 0.3) is 0 Å². The molecule has 0 saturated carbocycles. The first kappa shape index (κ1) is 79.0. The summed E-state index contributed by atoms with van der Waals surface area (Å²) in [4.78, 5) is 43.4. The normalized spacial score (nSPS) is 23.4. The summed E-state index contributed by atoms with van der Waals surface area (Å²) in [6, 6.07) is 0. The highest BCUT2D eigenvalue weighted by molar-refractivity contribution is 14.1. The van der Waals surface area contributed by atoms with Gasteiger partial charge in [0.05, 0.1) is 54.7 Å². The van der Waals surface area contributed by atoms with Crippen LogP contribution in [0.15, 0.2) is 46.5 Å². The Morgan fingerprint density at radius 2 is 1.23 bits per heavy atom. The molecule has 2 rings (SSSR count). The van der Waals surface area contributed by atoms with Crippen molar-refractivity contribution in [2.75, 3.05) is 14.2 Å². The Hall–Kier alpha value is -1.09. The van der Waals surface area contributed by atoms with Crippen LogP contribution in [0.2, 0.25) is 72.5 Å². The molecule has 2 aliphatic rings. The molecule has 84 heavy (non-hydrogen) atoms. The van der Waals surface area contributed by atoms with E-state index >= 15 is 0 Å². The standard InChI is InChI=1S/C65H122BIO13Si4/c1-29-37-49(39-34-32-31-33-35-42-66-79-63(15,16)64(17,18)80-66)73-57(69)52(30-2)53(77-83(25,26)61(9,10)11)44-48(68)38-36-40-51(76-82(23,24)60(6,7)8)46-65(72-20)47-55(78-84(27,28)62(12,13)14)56(58(70)71-19)54(74-65)45-50(41-43-67)75-81(21,22)59(3,4)5/h31-35,41-43,49-56H,29-30,36-40,44-47H2,1-28H3/b33-31+,34-32+,42-35+,43-41+/t49-,50+,51+,52+,53-,54+,55+,56+,65-/m1/s1. The molecule has 13 nitrogen and oxygen atoms in total. The summed E-state index contributed by atoms with van der Waals surface area (Å²) in [5.41, 5.74) is -0.797. The zero-order valence-corrected chi connectivity index (χ0v) is 64.4. The summed E-state index contributed by atoms with van der Waals surface area (Å²) in [5.74, 6) is -1.40. The molecule has 0 amide bonds. The van der Waals surface area contributed by atoms with Gasteiger partial charge in [-0.1, -0.05) is 168 Å². The van der Waals surface area contributed by atoms with Gasteiger partial charge in [0.2, 0.25) is 0 Å². The van der Waals surface area contributed by atoms with Crippen LogP contribution in [-0.4, -0.2) is 126 Å². The first-order chi connectivity index (χ1) is 38.1. The maximum absolute atomic E-state index is 14.6. The molecule has 0 aliphatic carbocycles. The maximum atomic E-state index is 14.6. The molecule has 9 atom stereocenters. The molecule has 0 bridgehead atoms. The number of esters is 2. The number of Topliss-reactive ketones (excluding diaryl/α,β-unsaturated/α-hetero) is 1. The summed E-state index contributed by atoms with van der Waals surface area (Å²) >= 11 is 2.24. The number of methoxy groups -OCH3 is 2. The Balaban J connectivity index is 2.57. The van der Waals surface area contributed by atoms with Crippen LogP contribution in [0, 0.1) is 11.8 Å². The molecule has 2 saturated heterocycles. The first-order valence-electron chi connectivity index (χ1n) is 31.5. The van der Waals surface area contributed by atoms with Crippen molar-refractivity contribution in [1.82, 2.24) is 0 Å². The SMILES string of the molecule is CCC[C@H](C/C=C/C=C/C=C/B1OC(C)(C)C(C)(C)O1)OC(=O)[C@@H](CC)[C@@H](CC(=O)CCC[C@@H](C[C@]1(OC)C[C@H](O[Si](C)(C)C(C)(C)C)[C@@H](C(=O)OC)[C@H](C[C@H](/C=C/I)O[Si](C)(C)C(C)(C)C)O1)O[Si](C)(C)C(C)(C)C)O[Si](C)(C)C(C)(C)C. The number of allylic oxidation sites excluding steroid dienone is 4. The Kier molecular flexibility index (Phi) is 29.9. The highest BCUT2D eigenvalue weighted by Crippen LogP contribution is 2.48. The van der Waals surface area contributed by atoms with Crippen molar-refractivity contribution in [2.24, 2.45) is 11.8 Å². The van der Waals surface area contributed by atoms with Crippen molar-refractivity contribution < 1.29 is 60.3 Å². The number of ketones is 1. The summed E-state index contributed by atoms with van der Waals surface area (Å²) in [7, 11) is -7.05. The molecule has 2 fully saturated rings. The van der Waals surface area contributed by atoms with Crippen LogP contribution >= 0.6 is 22.6 Å². The Labute approximate surface area is 531 Å². The predicted molar refractivity (Wildman–Crippen MR) is 366 cm³/mol. The largest absolute Gasteiger partial charge is 0.487 e. The molecular formula is C65H122BIO13Si4. The van der Waals surface area contributed by atoms with Gasteiger partial charge in [0.15, 0.2) is 39.1 Å². The van der Waals surface area contributed by atoms with E-state index in [9.17, 15) is 14.4 Å². The number of hydrogen-bond acceptors (Lipinski definition) is 13. The van der Waals surface area contributed by atoms with E-state index in [0.717, 1.165) is 6.42 Å². The predicted octanol–water partition coefficient (Wildman–Crippen LogP) is 17.8. The summed E-state index contributed by atoms with van der Waals surface area (Å²) in [5, 5.41) is -0.516. The number of halogens is 1. The number of hydrogen-bond donors (Lipinski definition) is 0. The molecule has 19 heteroatoms. The summed E-state index contributed by atoms with van der Waals surface area (Å²) < 4.78 is 69.0. The minimum Gasteiger partial charge on any atom is -0.469 e. The Bertz CT molecular complexity index is 2190. The van der Waals surface area contributed by atoms with Crippen LogP contribution in [0.3, 0.4) is 0 Å². The second kappa shape index (κ2) is 31.8. The highest BCUT2D eigenvalue weighted by atomic mass is 127. The van der Waals surface area contributed by atoms with E-state index in [0.29, 0.717) is 44.9 Å². The lowest BCUT2D eigenvalue weighted by molar-refractivity contribution is -0.308. The molecule has 2 heterocycles. The van der Waals surface area contributed by atoms with Gasteiger partial charge in [-0.05, 0) is 130 Å². The molecule has 0 aromatic rings. The van der Waals surface area contributed by atoms with E-state index in [4.69, 9.17) is 46.0 Å². The number of carbonyl (C=O) groups is 3. The van der Waals surface area contributed by atoms with E-state index in [-0.39, 0.29) is 75.4 Å². The average Bonchev–Trinajstić information content (AvgIpc) is 1.37. The van der Waals surface area contributed by atoms with Gasteiger partial charge in [0.25, 0.3) is 0 Å². The third kappa shape index (κ3) is 23.0. The van der Waals surface area contributed by atoms with Gasteiger partial charge in [-0.25, -0.2) is 0 Å². The van der Waals surface area contributed by atoms with E-state index in [1.165, 1.54) is 7.11 Å². The van der Waals surface area contributed by atoms with Gasteiger partial charge in [-0.3, -0.25) is 14.4 Å². The molecule has 0 radical (unpaired) electrons. The number of rotatable bonds is 32. The van der Waals surface area contributed by atoms with Gasteiger partial charge in [-0.15, -0.1) is 0 Å². The fourth-order valence-corrected chi connectivity index (χ4v) is 15.3. The quantitative estimate of drug-likeness (QED) is 0.0273. The minimum absolute atomic E-state index is 0.0266. The van der Waals surface area contributed by atoms with Crippen LogP contribution in [0.5, 0.6) is 0 Å². The second-order valence-corrected chi connectivity index (χ2v) is 50.8. The lowest BCUT2D eigenvalue weighted by Crippen LogP contribution is -2.60. The fraction of sp³-hybridized carbons (Fsp3) is 0.831. The molecule has 0 spiro atoms. The van der Waals surface area contributed by atoms with Gasteiger partial charge in [0.1, 0.15) is 17.8 Å².